The van der Waals surface area contributed by atoms with Crippen molar-refractivity contribution in [2.45, 2.75) is 39.2 Å². The van der Waals surface area contributed by atoms with Crippen molar-refractivity contribution in [1.29, 1.82) is 0 Å². The minimum atomic E-state index is -0.0393. The van der Waals surface area contributed by atoms with Crippen LogP contribution in [0.15, 0.2) is 54.6 Å². The van der Waals surface area contributed by atoms with Crippen molar-refractivity contribution in [3.63, 3.8) is 0 Å². The maximum absolute atomic E-state index is 12.8. The normalized spacial score (nSPS) is 16.7. The average Bonchev–Trinajstić information content (AvgIpc) is 2.80. The topological polar surface area (TPSA) is 46.0 Å². The van der Waals surface area contributed by atoms with E-state index in [1.54, 1.807) is 0 Å². The minimum Gasteiger partial charge on any atom is -0.492 e. The van der Waals surface area contributed by atoms with Gasteiger partial charge in [-0.25, -0.2) is 0 Å². The molecule has 0 saturated carbocycles. The Morgan fingerprint density at radius 2 is 1.73 bits per heavy atom. The third kappa shape index (κ3) is 5.54. The number of hydrogen-bond acceptors (Lipinski definition) is 3. The molecule has 1 amide bonds. The van der Waals surface area contributed by atoms with Crippen LogP contribution in [-0.4, -0.2) is 51.3 Å². The molecule has 2 N–H and O–H groups in total. The van der Waals surface area contributed by atoms with Gasteiger partial charge in [0.2, 0.25) is 0 Å². The van der Waals surface area contributed by atoms with E-state index in [0.29, 0.717) is 19.1 Å². The maximum atomic E-state index is 12.8. The van der Waals surface area contributed by atoms with Crippen molar-refractivity contribution in [1.82, 2.24) is 5.32 Å². The Kier molecular flexibility index (Phi) is 8.14. The Morgan fingerprint density at radius 1 is 1.07 bits per heavy atom. The van der Waals surface area contributed by atoms with Crippen molar-refractivity contribution in [3.05, 3.63) is 60.2 Å². The highest BCUT2D eigenvalue weighted by Gasteiger charge is 2.30. The molecule has 1 heterocycles. The van der Waals surface area contributed by atoms with Crippen LogP contribution in [0.25, 0.3) is 0 Å². The molecule has 0 radical (unpaired) electrons. The summed E-state index contributed by atoms with van der Waals surface area (Å²) in [5, 5.41) is 3.20. The smallest absolute Gasteiger partial charge is 0.278 e. The van der Waals surface area contributed by atoms with Gasteiger partial charge in [-0.3, -0.25) is 4.79 Å². The predicted octanol–water partition coefficient (Wildman–Crippen LogP) is 2.49. The van der Waals surface area contributed by atoms with Crippen LogP contribution in [0.4, 0.5) is 5.69 Å². The van der Waals surface area contributed by atoms with E-state index in [-0.39, 0.29) is 11.9 Å². The van der Waals surface area contributed by atoms with Gasteiger partial charge in [0, 0.05) is 12.5 Å². The second-order valence-electron chi connectivity index (χ2n) is 8.03. The molecule has 2 atom stereocenters. The van der Waals surface area contributed by atoms with Crippen molar-refractivity contribution < 1.29 is 14.4 Å². The Bertz CT molecular complexity index is 788. The summed E-state index contributed by atoms with van der Waals surface area (Å²) in [6.07, 6.45) is 1.02. The van der Waals surface area contributed by atoms with Gasteiger partial charge in [0.25, 0.3) is 5.91 Å². The van der Waals surface area contributed by atoms with E-state index in [4.69, 9.17) is 4.74 Å². The SMILES string of the molecule is CCOc1ccccc1N1CC[NH+]([C@@H](C)C(=O)NC[C@H](CC)c2ccccc2)CC1. The van der Waals surface area contributed by atoms with Crippen LogP contribution in [0.1, 0.15) is 38.7 Å². The standard InChI is InChI=1S/C25H35N3O2/c1-4-21(22-11-7-6-8-12-22)19-26-25(29)20(3)27-15-17-28(18-16-27)23-13-9-10-14-24(23)30-5-2/h6-14,20-21H,4-5,15-19H2,1-3H3,(H,26,29)/p+1/t20-,21-/m0/s1. The highest BCUT2D eigenvalue weighted by molar-refractivity contribution is 5.80. The number of nitrogens with one attached hydrogen (secondary N) is 2. The number of benzene rings is 2. The van der Waals surface area contributed by atoms with Crippen LogP contribution in [0.2, 0.25) is 0 Å². The zero-order chi connectivity index (χ0) is 21.3. The second kappa shape index (κ2) is 11.0. The van der Waals surface area contributed by atoms with Crippen molar-refractivity contribution in [3.8, 4) is 5.75 Å². The zero-order valence-corrected chi connectivity index (χ0v) is 18.6. The molecular formula is C25H36N3O2+. The minimum absolute atomic E-state index is 0.0393. The quantitative estimate of drug-likeness (QED) is 0.668. The van der Waals surface area contributed by atoms with Crippen molar-refractivity contribution >= 4 is 11.6 Å². The molecule has 1 fully saturated rings. The zero-order valence-electron chi connectivity index (χ0n) is 18.6. The molecule has 30 heavy (non-hydrogen) atoms. The number of piperazine rings is 1. The Morgan fingerprint density at radius 3 is 2.40 bits per heavy atom. The fraction of sp³-hybridized carbons (Fsp3) is 0.480. The first-order chi connectivity index (χ1) is 14.6. The van der Waals surface area contributed by atoms with E-state index in [0.717, 1.165) is 44.0 Å². The van der Waals surface area contributed by atoms with Crippen LogP contribution < -0.4 is 19.9 Å². The average molecular weight is 411 g/mol. The van der Waals surface area contributed by atoms with Gasteiger partial charge in [0.15, 0.2) is 6.04 Å². The summed E-state index contributed by atoms with van der Waals surface area (Å²) < 4.78 is 5.79. The van der Waals surface area contributed by atoms with Gasteiger partial charge in [0.1, 0.15) is 5.75 Å². The lowest BCUT2D eigenvalue weighted by Gasteiger charge is -2.36. The summed E-state index contributed by atoms with van der Waals surface area (Å²) in [4.78, 5) is 16.5. The Hall–Kier alpha value is -2.53. The van der Waals surface area contributed by atoms with E-state index in [9.17, 15) is 4.79 Å². The summed E-state index contributed by atoms with van der Waals surface area (Å²) in [5.74, 6) is 1.47. The number of carbonyl (C=O) groups is 1. The van der Waals surface area contributed by atoms with E-state index < -0.39 is 0 Å². The van der Waals surface area contributed by atoms with Crippen LogP contribution in [0.3, 0.4) is 0 Å². The first-order valence-corrected chi connectivity index (χ1v) is 11.3. The lowest BCUT2D eigenvalue weighted by atomic mass is 9.96. The number of anilines is 1. The summed E-state index contributed by atoms with van der Waals surface area (Å²) in [7, 11) is 0. The molecule has 0 aromatic heterocycles. The van der Waals surface area contributed by atoms with Crippen LogP contribution in [-0.2, 0) is 4.79 Å². The number of para-hydroxylation sites is 2. The van der Waals surface area contributed by atoms with E-state index in [1.165, 1.54) is 10.5 Å². The molecule has 0 bridgehead atoms. The molecule has 5 heteroatoms. The van der Waals surface area contributed by atoms with Gasteiger partial charge >= 0.3 is 0 Å². The summed E-state index contributed by atoms with van der Waals surface area (Å²) in [6, 6.07) is 18.7. The van der Waals surface area contributed by atoms with Crippen molar-refractivity contribution in [2.75, 3.05) is 44.2 Å². The second-order valence-corrected chi connectivity index (χ2v) is 8.03. The van der Waals surface area contributed by atoms with E-state index >= 15 is 0 Å². The number of hydrogen-bond donors (Lipinski definition) is 2. The molecule has 2 aromatic carbocycles. The number of nitrogens with zero attached hydrogens (tertiary/aromatic N) is 1. The highest BCUT2D eigenvalue weighted by atomic mass is 16.5. The summed E-state index contributed by atoms with van der Waals surface area (Å²) in [5.41, 5.74) is 2.45. The lowest BCUT2D eigenvalue weighted by Crippen LogP contribution is -3.19. The molecule has 1 saturated heterocycles. The Balaban J connectivity index is 1.51. The van der Waals surface area contributed by atoms with Gasteiger partial charge in [-0.15, -0.1) is 0 Å². The van der Waals surface area contributed by atoms with Gasteiger partial charge in [-0.1, -0.05) is 49.4 Å². The summed E-state index contributed by atoms with van der Waals surface area (Å²) in [6.45, 7) is 11.4. The number of amides is 1. The molecule has 0 spiro atoms. The van der Waals surface area contributed by atoms with Crippen LogP contribution in [0.5, 0.6) is 5.75 Å². The lowest BCUT2D eigenvalue weighted by molar-refractivity contribution is -0.914. The molecule has 5 nitrogen and oxygen atoms in total. The number of carbonyl (C=O) groups excluding carboxylic acids is 1. The van der Waals surface area contributed by atoms with Crippen molar-refractivity contribution in [2.24, 2.45) is 0 Å². The van der Waals surface area contributed by atoms with Crippen LogP contribution in [0, 0.1) is 0 Å². The van der Waals surface area contributed by atoms with Gasteiger partial charge in [-0.05, 0) is 38.0 Å². The van der Waals surface area contributed by atoms with Crippen LogP contribution >= 0.6 is 0 Å². The number of quaternary nitrogens is 1. The maximum Gasteiger partial charge on any atom is 0.278 e. The molecular weight excluding hydrogens is 374 g/mol. The third-order valence-corrected chi connectivity index (χ3v) is 6.20. The molecule has 1 aliphatic heterocycles. The molecule has 162 valence electrons. The molecule has 0 aliphatic carbocycles. The van der Waals surface area contributed by atoms with Gasteiger partial charge < -0.3 is 19.9 Å². The predicted molar refractivity (Wildman–Crippen MR) is 122 cm³/mol. The number of ether oxygens (including phenoxy) is 1. The van der Waals surface area contributed by atoms with E-state index in [2.05, 4.69) is 60.5 Å². The fourth-order valence-corrected chi connectivity index (χ4v) is 4.25. The molecule has 3 rings (SSSR count). The first-order valence-electron chi connectivity index (χ1n) is 11.3. The number of rotatable bonds is 9. The molecule has 0 unspecified atom stereocenters. The molecule has 1 aliphatic rings. The largest absolute Gasteiger partial charge is 0.492 e. The fourth-order valence-electron chi connectivity index (χ4n) is 4.25. The summed E-state index contributed by atoms with van der Waals surface area (Å²) >= 11 is 0. The highest BCUT2D eigenvalue weighted by Crippen LogP contribution is 2.27. The third-order valence-electron chi connectivity index (χ3n) is 6.20. The van der Waals surface area contributed by atoms with E-state index in [1.807, 2.05) is 25.1 Å². The monoisotopic (exact) mass is 410 g/mol. The Labute approximate surface area is 181 Å². The van der Waals surface area contributed by atoms with Gasteiger partial charge in [-0.2, -0.15) is 0 Å². The first kappa shape index (κ1) is 22.2. The molecule has 2 aromatic rings. The van der Waals surface area contributed by atoms with Gasteiger partial charge in [0.05, 0.1) is 38.5 Å².